The van der Waals surface area contributed by atoms with E-state index in [-0.39, 0.29) is 11.8 Å². The molecule has 1 N–H and O–H groups in total. The number of alkyl halides is 3. The standard InChI is InChI=1S/C19H15F3N2O2S/c20-19(21,22)18(25)24-16-12-23-17(26-16)14-6-8-15(9-7-14)27-11-10-13-4-2-1-3-5-13/h1-9,12H,10-11H2,(H,24,25). The van der Waals surface area contributed by atoms with E-state index in [1.54, 1.807) is 29.2 Å². The highest BCUT2D eigenvalue weighted by molar-refractivity contribution is 7.99. The smallest absolute Gasteiger partial charge is 0.420 e. The third-order valence-electron chi connectivity index (χ3n) is 3.60. The topological polar surface area (TPSA) is 55.1 Å². The number of oxazole rings is 1. The molecule has 4 nitrogen and oxygen atoms in total. The number of hydrogen-bond donors (Lipinski definition) is 1. The summed E-state index contributed by atoms with van der Waals surface area (Å²) in [5.41, 5.74) is 1.88. The van der Waals surface area contributed by atoms with Crippen molar-refractivity contribution in [1.29, 1.82) is 0 Å². The third-order valence-corrected chi connectivity index (χ3v) is 4.62. The minimum absolute atomic E-state index is 0.133. The molecule has 140 valence electrons. The molecular formula is C19H15F3N2O2S. The lowest BCUT2D eigenvalue weighted by atomic mass is 10.2. The van der Waals surface area contributed by atoms with Crippen molar-refractivity contribution in [3.8, 4) is 11.5 Å². The summed E-state index contributed by atoms with van der Waals surface area (Å²) in [6, 6.07) is 17.5. The van der Waals surface area contributed by atoms with Gasteiger partial charge in [-0.1, -0.05) is 30.3 Å². The van der Waals surface area contributed by atoms with Crippen molar-refractivity contribution in [2.45, 2.75) is 17.5 Å². The van der Waals surface area contributed by atoms with Crippen LogP contribution in [0.1, 0.15) is 5.56 Å². The van der Waals surface area contributed by atoms with Gasteiger partial charge in [0, 0.05) is 16.2 Å². The van der Waals surface area contributed by atoms with Crippen LogP contribution < -0.4 is 5.32 Å². The van der Waals surface area contributed by atoms with Crippen molar-refractivity contribution >= 4 is 23.6 Å². The Balaban J connectivity index is 1.56. The second kappa shape index (κ2) is 8.30. The van der Waals surface area contributed by atoms with Crippen LogP contribution in [0.5, 0.6) is 0 Å². The van der Waals surface area contributed by atoms with E-state index in [0.717, 1.165) is 23.3 Å². The molecule has 1 aromatic heterocycles. The zero-order valence-corrected chi connectivity index (χ0v) is 14.8. The van der Waals surface area contributed by atoms with E-state index < -0.39 is 12.1 Å². The van der Waals surface area contributed by atoms with Crippen LogP contribution in [0.25, 0.3) is 11.5 Å². The Morgan fingerprint density at radius 3 is 2.44 bits per heavy atom. The fourth-order valence-electron chi connectivity index (χ4n) is 2.27. The molecule has 0 radical (unpaired) electrons. The number of nitrogens with zero attached hydrogens (tertiary/aromatic N) is 1. The second-order valence-corrected chi connectivity index (χ2v) is 6.76. The average molecular weight is 392 g/mol. The van der Waals surface area contributed by atoms with E-state index in [0.29, 0.717) is 5.56 Å². The molecule has 27 heavy (non-hydrogen) atoms. The summed E-state index contributed by atoms with van der Waals surface area (Å²) in [6.07, 6.45) is -2.98. The first-order chi connectivity index (χ1) is 12.9. The molecule has 0 atom stereocenters. The number of aryl methyl sites for hydroxylation is 1. The number of aromatic nitrogens is 1. The van der Waals surface area contributed by atoms with Gasteiger partial charge in [-0.2, -0.15) is 13.2 Å². The van der Waals surface area contributed by atoms with Crippen LogP contribution in [0, 0.1) is 0 Å². The second-order valence-electron chi connectivity index (χ2n) is 5.59. The lowest BCUT2D eigenvalue weighted by Crippen LogP contribution is -2.29. The van der Waals surface area contributed by atoms with Gasteiger partial charge in [-0.15, -0.1) is 11.8 Å². The lowest BCUT2D eigenvalue weighted by Gasteiger charge is -2.04. The van der Waals surface area contributed by atoms with E-state index in [9.17, 15) is 18.0 Å². The highest BCUT2D eigenvalue weighted by Gasteiger charge is 2.39. The monoisotopic (exact) mass is 392 g/mol. The van der Waals surface area contributed by atoms with E-state index in [1.807, 2.05) is 30.3 Å². The fourth-order valence-corrected chi connectivity index (χ4v) is 3.18. The summed E-state index contributed by atoms with van der Waals surface area (Å²) in [7, 11) is 0. The SMILES string of the molecule is O=C(Nc1cnc(-c2ccc(SCCc3ccccc3)cc2)o1)C(F)(F)F. The maximum absolute atomic E-state index is 12.2. The molecule has 0 unspecified atom stereocenters. The number of hydrogen-bond acceptors (Lipinski definition) is 4. The molecule has 0 aliphatic carbocycles. The zero-order valence-electron chi connectivity index (χ0n) is 14.0. The van der Waals surface area contributed by atoms with Gasteiger partial charge in [-0.05, 0) is 36.2 Å². The molecule has 0 aliphatic rings. The summed E-state index contributed by atoms with van der Waals surface area (Å²) in [6.45, 7) is 0. The number of amides is 1. The largest absolute Gasteiger partial charge is 0.471 e. The lowest BCUT2D eigenvalue weighted by molar-refractivity contribution is -0.167. The molecule has 8 heteroatoms. The minimum Gasteiger partial charge on any atom is -0.420 e. The Hall–Kier alpha value is -2.74. The Bertz CT molecular complexity index is 893. The first-order valence-corrected chi connectivity index (χ1v) is 9.01. The van der Waals surface area contributed by atoms with Gasteiger partial charge >= 0.3 is 12.1 Å². The molecule has 3 rings (SSSR count). The molecule has 0 saturated heterocycles. The van der Waals surface area contributed by atoms with Crippen molar-refractivity contribution < 1.29 is 22.4 Å². The summed E-state index contributed by atoms with van der Waals surface area (Å²) in [5.74, 6) is -1.40. The van der Waals surface area contributed by atoms with Crippen molar-refractivity contribution in [3.63, 3.8) is 0 Å². The van der Waals surface area contributed by atoms with Gasteiger partial charge in [-0.25, -0.2) is 4.98 Å². The molecule has 0 fully saturated rings. The Labute approximate surface area is 157 Å². The van der Waals surface area contributed by atoms with E-state index in [1.165, 1.54) is 5.56 Å². The van der Waals surface area contributed by atoms with Crippen LogP contribution in [0.15, 0.2) is 70.1 Å². The predicted molar refractivity (Wildman–Crippen MR) is 97.5 cm³/mol. The van der Waals surface area contributed by atoms with Crippen molar-refractivity contribution in [1.82, 2.24) is 4.98 Å². The molecule has 1 amide bonds. The Kier molecular flexibility index (Phi) is 5.85. The molecule has 0 aliphatic heterocycles. The number of carbonyl (C=O) groups is 1. The summed E-state index contributed by atoms with van der Waals surface area (Å²) < 4.78 is 41.9. The van der Waals surface area contributed by atoms with Gasteiger partial charge in [0.15, 0.2) is 0 Å². The highest BCUT2D eigenvalue weighted by Crippen LogP contribution is 2.26. The number of carbonyl (C=O) groups excluding carboxylic acids is 1. The number of halogens is 3. The Morgan fingerprint density at radius 2 is 1.78 bits per heavy atom. The van der Waals surface area contributed by atoms with Crippen molar-refractivity contribution in [2.24, 2.45) is 0 Å². The van der Waals surface area contributed by atoms with Crippen LogP contribution in [0.4, 0.5) is 19.1 Å². The first-order valence-electron chi connectivity index (χ1n) is 8.03. The Morgan fingerprint density at radius 1 is 1.07 bits per heavy atom. The quantitative estimate of drug-likeness (QED) is 0.588. The van der Waals surface area contributed by atoms with Crippen LogP contribution in [-0.2, 0) is 11.2 Å². The highest BCUT2D eigenvalue weighted by atomic mass is 32.2. The van der Waals surface area contributed by atoms with Crippen LogP contribution >= 0.6 is 11.8 Å². The number of thioether (sulfide) groups is 1. The molecule has 1 heterocycles. The van der Waals surface area contributed by atoms with Crippen LogP contribution in [-0.4, -0.2) is 22.8 Å². The number of anilines is 1. The maximum Gasteiger partial charge on any atom is 0.471 e. The van der Waals surface area contributed by atoms with Gasteiger partial charge in [0.05, 0.1) is 6.20 Å². The van der Waals surface area contributed by atoms with Crippen LogP contribution in [0.2, 0.25) is 0 Å². The van der Waals surface area contributed by atoms with Gasteiger partial charge in [0.25, 0.3) is 0 Å². The van der Waals surface area contributed by atoms with Crippen molar-refractivity contribution in [3.05, 3.63) is 66.4 Å². The maximum atomic E-state index is 12.2. The number of rotatable bonds is 6. The van der Waals surface area contributed by atoms with E-state index >= 15 is 0 Å². The molecule has 3 aromatic rings. The van der Waals surface area contributed by atoms with Gasteiger partial charge in [0.2, 0.25) is 11.8 Å². The number of benzene rings is 2. The van der Waals surface area contributed by atoms with Gasteiger partial charge < -0.3 is 4.42 Å². The molecule has 0 bridgehead atoms. The fraction of sp³-hybridized carbons (Fsp3) is 0.158. The summed E-state index contributed by atoms with van der Waals surface area (Å²) in [4.78, 5) is 15.9. The predicted octanol–water partition coefficient (Wildman–Crippen LogP) is 5.18. The van der Waals surface area contributed by atoms with Crippen LogP contribution in [0.3, 0.4) is 0 Å². The van der Waals surface area contributed by atoms with Gasteiger partial charge in [0.1, 0.15) is 0 Å². The summed E-state index contributed by atoms with van der Waals surface area (Å²) >= 11 is 1.70. The van der Waals surface area contributed by atoms with Gasteiger partial charge in [-0.3, -0.25) is 10.1 Å². The summed E-state index contributed by atoms with van der Waals surface area (Å²) in [5, 5.41) is 1.63. The molecule has 0 spiro atoms. The minimum atomic E-state index is -4.98. The molecule has 2 aromatic carbocycles. The van der Waals surface area contributed by atoms with E-state index in [2.05, 4.69) is 17.1 Å². The van der Waals surface area contributed by atoms with Crippen molar-refractivity contribution in [2.75, 3.05) is 11.1 Å². The van der Waals surface area contributed by atoms with E-state index in [4.69, 9.17) is 4.42 Å². The number of nitrogens with one attached hydrogen (secondary N) is 1. The zero-order chi connectivity index (χ0) is 19.3. The third kappa shape index (κ3) is 5.37. The molecule has 0 saturated carbocycles. The average Bonchev–Trinajstić information content (AvgIpc) is 3.11. The normalized spacial score (nSPS) is 11.4. The first kappa shape index (κ1) is 19.0. The molecular weight excluding hydrogens is 377 g/mol.